The molecule has 0 radical (unpaired) electrons. The highest BCUT2D eigenvalue weighted by Crippen LogP contribution is 2.56. The number of hydrogen-bond acceptors (Lipinski definition) is 4. The van der Waals surface area contributed by atoms with Gasteiger partial charge >= 0.3 is 0 Å². The minimum atomic E-state index is 0.265. The summed E-state index contributed by atoms with van der Waals surface area (Å²) in [6.45, 7) is 0. The van der Waals surface area contributed by atoms with E-state index in [4.69, 9.17) is 11.6 Å². The highest BCUT2D eigenvalue weighted by atomic mass is 35.5. The molecule has 2 aromatic rings. The normalized spacial score (nSPS) is 37.3. The van der Waals surface area contributed by atoms with Gasteiger partial charge in [0.05, 0.1) is 5.39 Å². The van der Waals surface area contributed by atoms with Crippen LogP contribution in [0.3, 0.4) is 0 Å². The van der Waals surface area contributed by atoms with Gasteiger partial charge in [0, 0.05) is 5.54 Å². The Balaban J connectivity index is 1.55. The molecule has 4 aliphatic rings. The second-order valence-electron chi connectivity index (χ2n) is 7.30. The molecule has 0 saturated heterocycles. The molecule has 0 unspecified atom stereocenters. The predicted octanol–water partition coefficient (Wildman–Crippen LogP) is 4.73. The van der Waals surface area contributed by atoms with E-state index in [1.54, 1.807) is 11.3 Å². The SMILES string of the molecule is Clc1nc(NC23CC4CC(CC(C4)C2)C3)c2ccsc2n1. The van der Waals surface area contributed by atoms with Gasteiger partial charge in [-0.1, -0.05) is 0 Å². The van der Waals surface area contributed by atoms with Crippen molar-refractivity contribution in [3.63, 3.8) is 0 Å². The number of nitrogens with zero attached hydrogens (tertiary/aromatic N) is 2. The summed E-state index contributed by atoms with van der Waals surface area (Å²) in [5.74, 6) is 3.74. The molecule has 4 aliphatic carbocycles. The summed E-state index contributed by atoms with van der Waals surface area (Å²) in [4.78, 5) is 9.81. The predicted molar refractivity (Wildman–Crippen MR) is 87.0 cm³/mol. The zero-order valence-electron chi connectivity index (χ0n) is 11.8. The highest BCUT2D eigenvalue weighted by Gasteiger charge is 2.51. The number of anilines is 1. The van der Waals surface area contributed by atoms with Crippen molar-refractivity contribution in [2.24, 2.45) is 17.8 Å². The molecule has 5 heteroatoms. The number of halogens is 1. The van der Waals surface area contributed by atoms with E-state index in [0.29, 0.717) is 5.28 Å². The molecule has 0 aromatic carbocycles. The lowest BCUT2D eigenvalue weighted by molar-refractivity contribution is 0.0106. The van der Waals surface area contributed by atoms with Crippen molar-refractivity contribution in [1.29, 1.82) is 0 Å². The molecule has 0 atom stereocenters. The fraction of sp³-hybridized carbons (Fsp3) is 0.625. The summed E-state index contributed by atoms with van der Waals surface area (Å²) in [7, 11) is 0. The standard InChI is InChI=1S/C16H18ClN3S/c17-15-18-13(12-1-2-21-14(12)19-15)20-16-6-9-3-10(7-16)5-11(4-9)8-16/h1-2,9-11H,3-8H2,(H,18,19,20). The summed E-state index contributed by atoms with van der Waals surface area (Å²) in [6, 6.07) is 2.11. The topological polar surface area (TPSA) is 37.8 Å². The van der Waals surface area contributed by atoms with Gasteiger partial charge in [0.2, 0.25) is 5.28 Å². The molecule has 2 aromatic heterocycles. The van der Waals surface area contributed by atoms with Crippen LogP contribution in [0.5, 0.6) is 0 Å². The molecule has 4 bridgehead atoms. The summed E-state index contributed by atoms with van der Waals surface area (Å²) >= 11 is 7.74. The molecular weight excluding hydrogens is 302 g/mol. The molecule has 110 valence electrons. The van der Waals surface area contributed by atoms with Gasteiger partial charge in [0.1, 0.15) is 10.6 Å². The van der Waals surface area contributed by atoms with Gasteiger partial charge in [0.25, 0.3) is 0 Å². The zero-order chi connectivity index (χ0) is 14.0. The number of rotatable bonds is 2. The first-order valence-corrected chi connectivity index (χ1v) is 9.14. The first-order chi connectivity index (χ1) is 10.2. The number of nitrogens with one attached hydrogen (secondary N) is 1. The second kappa shape index (κ2) is 4.32. The first kappa shape index (κ1) is 12.7. The van der Waals surface area contributed by atoms with E-state index in [0.717, 1.165) is 33.8 Å². The van der Waals surface area contributed by atoms with E-state index >= 15 is 0 Å². The molecule has 0 amide bonds. The van der Waals surface area contributed by atoms with E-state index < -0.39 is 0 Å². The van der Waals surface area contributed by atoms with Crippen molar-refractivity contribution in [3.8, 4) is 0 Å². The largest absolute Gasteiger partial charge is 0.364 e. The summed E-state index contributed by atoms with van der Waals surface area (Å²) < 4.78 is 0. The molecule has 3 nitrogen and oxygen atoms in total. The number of fused-ring (bicyclic) bond motifs is 1. The third kappa shape index (κ3) is 1.99. The third-order valence-corrected chi connectivity index (χ3v) is 6.70. The molecule has 6 rings (SSSR count). The van der Waals surface area contributed by atoms with Crippen LogP contribution in [-0.2, 0) is 0 Å². The average molecular weight is 320 g/mol. The lowest BCUT2D eigenvalue weighted by atomic mass is 9.53. The van der Waals surface area contributed by atoms with Crippen molar-refractivity contribution < 1.29 is 0 Å². The summed E-state index contributed by atoms with van der Waals surface area (Å²) in [6.07, 6.45) is 8.31. The van der Waals surface area contributed by atoms with Crippen LogP contribution >= 0.6 is 22.9 Å². The lowest BCUT2D eigenvalue weighted by Gasteiger charge is -2.57. The van der Waals surface area contributed by atoms with Crippen LogP contribution in [0, 0.1) is 17.8 Å². The van der Waals surface area contributed by atoms with Crippen LogP contribution in [0.4, 0.5) is 5.82 Å². The fourth-order valence-corrected chi connectivity index (χ4v) is 6.42. The molecular formula is C16H18ClN3S. The van der Waals surface area contributed by atoms with Crippen LogP contribution in [0.1, 0.15) is 38.5 Å². The Hall–Kier alpha value is -0.870. The van der Waals surface area contributed by atoms with Crippen LogP contribution in [0.25, 0.3) is 10.2 Å². The van der Waals surface area contributed by atoms with E-state index in [2.05, 4.69) is 26.7 Å². The molecule has 0 aliphatic heterocycles. The maximum Gasteiger partial charge on any atom is 0.225 e. The maximum absolute atomic E-state index is 6.11. The Bertz CT molecular complexity index is 675. The van der Waals surface area contributed by atoms with E-state index in [-0.39, 0.29) is 5.54 Å². The van der Waals surface area contributed by atoms with Crippen LogP contribution < -0.4 is 5.32 Å². The second-order valence-corrected chi connectivity index (χ2v) is 8.54. The van der Waals surface area contributed by atoms with E-state index in [1.165, 1.54) is 38.5 Å². The van der Waals surface area contributed by atoms with Crippen molar-refractivity contribution in [2.75, 3.05) is 5.32 Å². The van der Waals surface area contributed by atoms with Crippen molar-refractivity contribution in [2.45, 2.75) is 44.1 Å². The van der Waals surface area contributed by atoms with Gasteiger partial charge in [-0.15, -0.1) is 11.3 Å². The highest BCUT2D eigenvalue weighted by molar-refractivity contribution is 7.16. The van der Waals surface area contributed by atoms with Crippen LogP contribution in [0.15, 0.2) is 11.4 Å². The molecule has 4 fully saturated rings. The Morgan fingerprint density at radius 3 is 2.43 bits per heavy atom. The molecule has 2 heterocycles. The number of hydrogen-bond donors (Lipinski definition) is 1. The van der Waals surface area contributed by atoms with Gasteiger partial charge in [-0.2, -0.15) is 0 Å². The van der Waals surface area contributed by atoms with Crippen molar-refractivity contribution in [3.05, 3.63) is 16.7 Å². The van der Waals surface area contributed by atoms with Gasteiger partial charge < -0.3 is 5.32 Å². The summed E-state index contributed by atoms with van der Waals surface area (Å²) in [5, 5.41) is 7.38. The lowest BCUT2D eigenvalue weighted by Crippen LogP contribution is -2.54. The minimum Gasteiger partial charge on any atom is -0.364 e. The van der Waals surface area contributed by atoms with E-state index in [9.17, 15) is 0 Å². The molecule has 0 spiro atoms. The van der Waals surface area contributed by atoms with Crippen molar-refractivity contribution >= 4 is 39.0 Å². The van der Waals surface area contributed by atoms with Crippen LogP contribution in [-0.4, -0.2) is 15.5 Å². The number of aromatic nitrogens is 2. The Morgan fingerprint density at radius 1 is 1.10 bits per heavy atom. The molecule has 21 heavy (non-hydrogen) atoms. The van der Waals surface area contributed by atoms with Gasteiger partial charge in [-0.05, 0) is 79.3 Å². The fourth-order valence-electron chi connectivity index (χ4n) is 5.44. The zero-order valence-corrected chi connectivity index (χ0v) is 13.4. The average Bonchev–Trinajstić information content (AvgIpc) is 2.84. The first-order valence-electron chi connectivity index (χ1n) is 7.88. The number of thiophene rings is 1. The van der Waals surface area contributed by atoms with Crippen LogP contribution in [0.2, 0.25) is 5.28 Å². The molecule has 1 N–H and O–H groups in total. The Labute approximate surface area is 133 Å². The quantitative estimate of drug-likeness (QED) is 0.813. The smallest absolute Gasteiger partial charge is 0.225 e. The Kier molecular flexibility index (Phi) is 2.61. The summed E-state index contributed by atoms with van der Waals surface area (Å²) in [5.41, 5.74) is 0.265. The van der Waals surface area contributed by atoms with Gasteiger partial charge in [-0.3, -0.25) is 0 Å². The monoisotopic (exact) mass is 319 g/mol. The van der Waals surface area contributed by atoms with Gasteiger partial charge in [0.15, 0.2) is 0 Å². The molecule has 4 saturated carbocycles. The minimum absolute atomic E-state index is 0.265. The van der Waals surface area contributed by atoms with Gasteiger partial charge in [-0.25, -0.2) is 9.97 Å². The van der Waals surface area contributed by atoms with E-state index in [1.807, 2.05) is 0 Å². The maximum atomic E-state index is 6.11. The third-order valence-electron chi connectivity index (χ3n) is 5.72. The van der Waals surface area contributed by atoms with Crippen molar-refractivity contribution in [1.82, 2.24) is 9.97 Å². The Morgan fingerprint density at radius 2 is 1.76 bits per heavy atom.